The molecule has 0 saturated carbocycles. The first-order valence-electron chi connectivity index (χ1n) is 7.06. The van der Waals surface area contributed by atoms with E-state index in [9.17, 15) is 5.11 Å². The molecule has 0 amide bonds. The number of benzene rings is 1. The maximum Gasteiger partial charge on any atom is 0.162 e. The maximum absolute atomic E-state index is 10.2. The zero-order valence-electron chi connectivity index (χ0n) is 12.2. The van der Waals surface area contributed by atoms with E-state index in [0.717, 1.165) is 37.7 Å². The van der Waals surface area contributed by atoms with Crippen LogP contribution in [0.5, 0.6) is 11.5 Å². The molecule has 0 unspecified atom stereocenters. The van der Waals surface area contributed by atoms with Crippen LogP contribution >= 0.6 is 11.6 Å². The summed E-state index contributed by atoms with van der Waals surface area (Å²) >= 11 is 6.06. The summed E-state index contributed by atoms with van der Waals surface area (Å²) in [7, 11) is 3.54. The normalized spacial score (nSPS) is 17.4. The van der Waals surface area contributed by atoms with Gasteiger partial charge in [0.1, 0.15) is 0 Å². The van der Waals surface area contributed by atoms with E-state index in [1.807, 2.05) is 13.1 Å². The van der Waals surface area contributed by atoms with E-state index in [4.69, 9.17) is 16.3 Å². The van der Waals surface area contributed by atoms with Crippen LogP contribution in [0.1, 0.15) is 18.4 Å². The average Bonchev–Trinajstić information content (AvgIpc) is 2.45. The highest BCUT2D eigenvalue weighted by Crippen LogP contribution is 2.34. The van der Waals surface area contributed by atoms with Crippen molar-refractivity contribution in [1.82, 2.24) is 10.2 Å². The number of likely N-dealkylation sites (tertiary alicyclic amines) is 1. The summed E-state index contributed by atoms with van der Waals surface area (Å²) < 4.78 is 5.14. The SMILES string of the molecule is CNCC1CCN(Cc2cc(Cl)cc(OC)c2O)CC1. The Bertz CT molecular complexity index is 446. The number of ether oxygens (including phenoxy) is 1. The molecule has 2 rings (SSSR count). The van der Waals surface area contributed by atoms with Crippen molar-refractivity contribution < 1.29 is 9.84 Å². The van der Waals surface area contributed by atoms with Crippen LogP contribution in [-0.4, -0.2) is 43.8 Å². The van der Waals surface area contributed by atoms with Crippen molar-refractivity contribution in [3.05, 3.63) is 22.7 Å². The number of nitrogens with zero attached hydrogens (tertiary/aromatic N) is 1. The third-order valence-electron chi connectivity index (χ3n) is 3.93. The van der Waals surface area contributed by atoms with Crippen molar-refractivity contribution in [2.24, 2.45) is 5.92 Å². The number of phenolic OH excluding ortho intramolecular Hbond substituents is 1. The summed E-state index contributed by atoms with van der Waals surface area (Å²) in [6.45, 7) is 3.92. The first-order valence-corrected chi connectivity index (χ1v) is 7.44. The second kappa shape index (κ2) is 7.16. The number of aromatic hydroxyl groups is 1. The van der Waals surface area contributed by atoms with Gasteiger partial charge in [-0.1, -0.05) is 11.6 Å². The average molecular weight is 299 g/mol. The van der Waals surface area contributed by atoms with Crippen molar-refractivity contribution in [1.29, 1.82) is 0 Å². The Hall–Kier alpha value is -0.970. The van der Waals surface area contributed by atoms with Gasteiger partial charge >= 0.3 is 0 Å². The lowest BCUT2D eigenvalue weighted by molar-refractivity contribution is 0.175. The first-order chi connectivity index (χ1) is 9.63. The molecule has 0 aromatic heterocycles. The third-order valence-corrected chi connectivity index (χ3v) is 4.15. The van der Waals surface area contributed by atoms with E-state index >= 15 is 0 Å². The van der Waals surface area contributed by atoms with Gasteiger partial charge in [-0.15, -0.1) is 0 Å². The molecule has 0 radical (unpaired) electrons. The Balaban J connectivity index is 1.99. The molecular formula is C15H23ClN2O2. The smallest absolute Gasteiger partial charge is 0.162 e. The molecule has 20 heavy (non-hydrogen) atoms. The summed E-state index contributed by atoms with van der Waals surface area (Å²) in [5, 5.41) is 14.0. The molecule has 1 aromatic rings. The van der Waals surface area contributed by atoms with Gasteiger partial charge in [0.15, 0.2) is 11.5 Å². The standard InChI is InChI=1S/C15H23ClN2O2/c1-17-9-11-3-5-18(6-4-11)10-12-7-13(16)8-14(20-2)15(12)19/h7-8,11,17,19H,3-6,9-10H2,1-2H3. The predicted octanol–water partition coefficient (Wildman–Crippen LogP) is 2.49. The number of piperidine rings is 1. The second-order valence-corrected chi connectivity index (χ2v) is 5.83. The molecule has 0 aliphatic carbocycles. The van der Waals surface area contributed by atoms with E-state index in [1.165, 1.54) is 12.8 Å². The number of phenols is 1. The summed E-state index contributed by atoms with van der Waals surface area (Å²) in [6.07, 6.45) is 2.39. The summed E-state index contributed by atoms with van der Waals surface area (Å²) in [6, 6.07) is 3.46. The molecule has 112 valence electrons. The number of nitrogens with one attached hydrogen (secondary N) is 1. The molecule has 1 heterocycles. The van der Waals surface area contributed by atoms with E-state index in [1.54, 1.807) is 13.2 Å². The van der Waals surface area contributed by atoms with Crippen LogP contribution in [0, 0.1) is 5.92 Å². The van der Waals surface area contributed by atoms with Gasteiger partial charge in [0.25, 0.3) is 0 Å². The lowest BCUT2D eigenvalue weighted by Gasteiger charge is -2.32. The fraction of sp³-hybridized carbons (Fsp3) is 0.600. The molecule has 1 aromatic carbocycles. The fourth-order valence-corrected chi connectivity index (χ4v) is 3.01. The molecule has 0 bridgehead atoms. The molecule has 0 spiro atoms. The Kier molecular flexibility index (Phi) is 5.52. The van der Waals surface area contributed by atoms with Crippen molar-refractivity contribution in [2.45, 2.75) is 19.4 Å². The topological polar surface area (TPSA) is 44.7 Å². The van der Waals surface area contributed by atoms with E-state index < -0.39 is 0 Å². The van der Waals surface area contributed by atoms with Crippen molar-refractivity contribution in [3.8, 4) is 11.5 Å². The van der Waals surface area contributed by atoms with E-state index in [0.29, 0.717) is 10.8 Å². The molecule has 5 heteroatoms. The van der Waals surface area contributed by atoms with Crippen molar-refractivity contribution in [2.75, 3.05) is 33.8 Å². The second-order valence-electron chi connectivity index (χ2n) is 5.39. The number of hydrogen-bond donors (Lipinski definition) is 2. The largest absolute Gasteiger partial charge is 0.504 e. The molecule has 1 saturated heterocycles. The maximum atomic E-state index is 10.2. The molecule has 4 nitrogen and oxygen atoms in total. The van der Waals surface area contributed by atoms with Crippen LogP contribution in [0.15, 0.2) is 12.1 Å². The van der Waals surface area contributed by atoms with Gasteiger partial charge in [-0.05, 0) is 51.5 Å². The Morgan fingerprint density at radius 1 is 1.40 bits per heavy atom. The monoisotopic (exact) mass is 298 g/mol. The third kappa shape index (κ3) is 3.78. The Morgan fingerprint density at radius 2 is 2.10 bits per heavy atom. The molecule has 1 aliphatic heterocycles. The Morgan fingerprint density at radius 3 is 2.70 bits per heavy atom. The van der Waals surface area contributed by atoms with Crippen LogP contribution in [0.2, 0.25) is 5.02 Å². The van der Waals surface area contributed by atoms with Crippen LogP contribution in [-0.2, 0) is 6.54 Å². The van der Waals surface area contributed by atoms with Crippen LogP contribution in [0.25, 0.3) is 0 Å². The molecule has 1 aliphatic rings. The van der Waals surface area contributed by atoms with Crippen LogP contribution in [0.4, 0.5) is 0 Å². The highest BCUT2D eigenvalue weighted by atomic mass is 35.5. The van der Waals surface area contributed by atoms with Crippen molar-refractivity contribution in [3.63, 3.8) is 0 Å². The predicted molar refractivity (Wildman–Crippen MR) is 81.6 cm³/mol. The fourth-order valence-electron chi connectivity index (χ4n) is 2.78. The van der Waals surface area contributed by atoms with Gasteiger partial charge in [0.2, 0.25) is 0 Å². The van der Waals surface area contributed by atoms with E-state index in [2.05, 4.69) is 10.2 Å². The summed E-state index contributed by atoms with van der Waals surface area (Å²) in [5.41, 5.74) is 0.835. The number of methoxy groups -OCH3 is 1. The summed E-state index contributed by atoms with van der Waals surface area (Å²) in [5.74, 6) is 1.41. The minimum atomic E-state index is 0.203. The minimum Gasteiger partial charge on any atom is -0.504 e. The van der Waals surface area contributed by atoms with Gasteiger partial charge in [-0.3, -0.25) is 4.90 Å². The highest BCUT2D eigenvalue weighted by Gasteiger charge is 2.20. The number of halogens is 1. The number of rotatable bonds is 5. The first kappa shape index (κ1) is 15.4. The Labute approximate surface area is 125 Å². The van der Waals surface area contributed by atoms with Gasteiger partial charge in [-0.25, -0.2) is 0 Å². The lowest BCUT2D eigenvalue weighted by Crippen LogP contribution is -2.36. The van der Waals surface area contributed by atoms with E-state index in [-0.39, 0.29) is 5.75 Å². The lowest BCUT2D eigenvalue weighted by atomic mass is 9.96. The van der Waals surface area contributed by atoms with Crippen LogP contribution in [0.3, 0.4) is 0 Å². The van der Waals surface area contributed by atoms with Gasteiger partial charge in [0, 0.05) is 23.2 Å². The molecular weight excluding hydrogens is 276 g/mol. The highest BCUT2D eigenvalue weighted by molar-refractivity contribution is 6.30. The van der Waals surface area contributed by atoms with Gasteiger partial charge in [-0.2, -0.15) is 0 Å². The van der Waals surface area contributed by atoms with Gasteiger partial charge in [0.05, 0.1) is 7.11 Å². The molecule has 2 N–H and O–H groups in total. The molecule has 0 atom stereocenters. The van der Waals surface area contributed by atoms with Crippen molar-refractivity contribution >= 4 is 11.6 Å². The zero-order valence-corrected chi connectivity index (χ0v) is 12.9. The number of hydrogen-bond acceptors (Lipinski definition) is 4. The quantitative estimate of drug-likeness (QED) is 0.877. The van der Waals surface area contributed by atoms with Gasteiger partial charge < -0.3 is 15.2 Å². The van der Waals surface area contributed by atoms with Crippen LogP contribution < -0.4 is 10.1 Å². The molecule has 1 fully saturated rings. The zero-order chi connectivity index (χ0) is 14.5. The summed E-state index contributed by atoms with van der Waals surface area (Å²) in [4.78, 5) is 2.36. The minimum absolute atomic E-state index is 0.203.